The summed E-state index contributed by atoms with van der Waals surface area (Å²) in [6.07, 6.45) is 0. The molecule has 0 aromatic rings. The van der Waals surface area contributed by atoms with Crippen molar-refractivity contribution in [1.29, 1.82) is 0 Å². The Kier molecular flexibility index (Phi) is 9.91. The van der Waals surface area contributed by atoms with E-state index in [4.69, 9.17) is 0 Å². The lowest BCUT2D eigenvalue weighted by Gasteiger charge is -2.27. The molecule has 0 aliphatic heterocycles. The van der Waals surface area contributed by atoms with E-state index in [1.165, 1.54) is 58.9 Å². The van der Waals surface area contributed by atoms with Gasteiger partial charge in [-0.1, -0.05) is 0 Å². The zero-order valence-corrected chi connectivity index (χ0v) is 24.1. The minimum atomic E-state index is -6.06. The minimum absolute atomic E-state index is 1.36. The fourth-order valence-corrected chi connectivity index (χ4v) is 14.6. The second kappa shape index (κ2) is 9.54. The van der Waals surface area contributed by atoms with Crippen LogP contribution < -0.4 is 0 Å². The van der Waals surface area contributed by atoms with E-state index < -0.39 is 56.5 Å². The molecule has 0 fully saturated rings. The van der Waals surface area contributed by atoms with Crippen molar-refractivity contribution in [3.8, 4) is 0 Å². The highest BCUT2D eigenvalue weighted by molar-refractivity contribution is 7.72. The van der Waals surface area contributed by atoms with Crippen LogP contribution in [0.2, 0.25) is 58.9 Å². The Balaban J connectivity index is 5.99. The molecule has 3 atom stereocenters. The van der Waals surface area contributed by atoms with Crippen molar-refractivity contribution in [2.45, 2.75) is 58.9 Å². The molecule has 0 bridgehead atoms. The molecule has 3 unspecified atom stereocenters. The summed E-state index contributed by atoms with van der Waals surface area (Å²) < 4.78 is 116. The lowest BCUT2D eigenvalue weighted by molar-refractivity contribution is 0.223. The molecule has 0 heterocycles. The summed E-state index contributed by atoms with van der Waals surface area (Å²) in [5.74, 6) is 0. The molecule has 0 aromatic heterocycles. The number of hydrogen-bond donors (Lipinski definition) is 0. The summed E-state index contributed by atoms with van der Waals surface area (Å²) in [4.78, 5) is 0. The summed E-state index contributed by atoms with van der Waals surface area (Å²) in [6.45, 7) is 12.2. The molecule has 0 saturated carbocycles. The van der Waals surface area contributed by atoms with Crippen molar-refractivity contribution >= 4 is 56.5 Å². The van der Waals surface area contributed by atoms with Crippen LogP contribution in [0.4, 0.5) is 12.6 Å². The second-order valence-corrected chi connectivity index (χ2v) is 28.9. The van der Waals surface area contributed by atoms with Gasteiger partial charge >= 0.3 is 31.5 Å². The molecule has 0 aliphatic rings. The Hall–Kier alpha value is 1.12. The van der Waals surface area contributed by atoms with E-state index in [0.29, 0.717) is 0 Å². The molecule has 0 radical (unpaired) electrons. The van der Waals surface area contributed by atoms with E-state index in [0.717, 1.165) is 0 Å². The van der Waals surface area contributed by atoms with Crippen molar-refractivity contribution in [2.75, 3.05) is 0 Å². The molecule has 20 heteroatoms. The highest BCUT2D eigenvalue weighted by atomic mass is 31.3. The first-order valence-electron chi connectivity index (χ1n) is 7.99. The first kappa shape index (κ1) is 30.1. The van der Waals surface area contributed by atoms with Crippen LogP contribution >= 0.6 is 31.5 Å². The van der Waals surface area contributed by atoms with Crippen LogP contribution in [0, 0.1) is 0 Å². The fraction of sp³-hybridized carbons (Fsp3) is 1.00. The van der Waals surface area contributed by atoms with Gasteiger partial charge in [-0.15, -0.1) is 12.6 Å². The van der Waals surface area contributed by atoms with Gasteiger partial charge < -0.3 is 12.6 Å². The summed E-state index contributed by atoms with van der Waals surface area (Å²) in [5, 5.41) is 0. The second-order valence-electron chi connectivity index (χ2n) is 8.60. The maximum Gasteiger partial charge on any atom is 0.512 e. The average molecular weight is 560 g/mol. The SMILES string of the molecule is C[Si](C)(C)OP(=O)(F)OP(=O)(OP(=O)(F)O[Si](C)(C)C)OP(=O)(F)O[Si](C)(C)C. The third kappa shape index (κ3) is 15.5. The number of rotatable bonds is 12. The highest BCUT2D eigenvalue weighted by Gasteiger charge is 2.53. The monoisotopic (exact) mass is 560 g/mol. The smallest absolute Gasteiger partial charge is 0.326 e. The molecule has 0 aromatic carbocycles. The van der Waals surface area contributed by atoms with Gasteiger partial charge in [0.15, 0.2) is 25.0 Å². The molecule has 10 nitrogen and oxygen atoms in total. The number of hydrogen-bond acceptors (Lipinski definition) is 10. The maximum absolute atomic E-state index is 14.2. The number of halogens is 3. The molecule has 0 amide bonds. The first-order valence-corrected chi connectivity index (χ1v) is 24.0. The number of phosphoric acid groups is 1. The van der Waals surface area contributed by atoms with Crippen molar-refractivity contribution in [1.82, 2.24) is 0 Å². The highest BCUT2D eigenvalue weighted by Crippen LogP contribution is 2.79. The summed E-state index contributed by atoms with van der Waals surface area (Å²) in [5.41, 5.74) is 0. The van der Waals surface area contributed by atoms with Crippen LogP contribution in [0.25, 0.3) is 0 Å². The summed E-state index contributed by atoms with van der Waals surface area (Å²) >= 11 is 0. The Morgan fingerprint density at radius 2 is 0.655 bits per heavy atom. The average Bonchev–Trinajstić information content (AvgIpc) is 2.10. The molecular formula is C9H27F3O10P4Si3. The Morgan fingerprint density at radius 3 is 0.793 bits per heavy atom. The van der Waals surface area contributed by atoms with E-state index in [-0.39, 0.29) is 0 Å². The fourth-order valence-electron chi connectivity index (χ4n) is 1.43. The normalized spacial score (nSPS) is 22.2. The largest absolute Gasteiger partial charge is 0.512 e. The molecular weight excluding hydrogens is 533 g/mol. The van der Waals surface area contributed by atoms with Gasteiger partial charge in [0.05, 0.1) is 0 Å². The van der Waals surface area contributed by atoms with Gasteiger partial charge in [0, 0.05) is 0 Å². The van der Waals surface area contributed by atoms with Gasteiger partial charge in [0.1, 0.15) is 0 Å². The van der Waals surface area contributed by atoms with Crippen LogP contribution in [-0.2, 0) is 43.8 Å². The van der Waals surface area contributed by atoms with Gasteiger partial charge in [0.25, 0.3) is 0 Å². The Morgan fingerprint density at radius 1 is 0.483 bits per heavy atom. The Bertz CT molecular complexity index is 677. The molecule has 29 heavy (non-hydrogen) atoms. The van der Waals surface area contributed by atoms with Crippen LogP contribution in [0.1, 0.15) is 0 Å². The van der Waals surface area contributed by atoms with E-state index in [1.807, 2.05) is 0 Å². The zero-order valence-electron chi connectivity index (χ0n) is 17.5. The predicted molar refractivity (Wildman–Crippen MR) is 110 cm³/mol. The first-order chi connectivity index (χ1) is 12.2. The van der Waals surface area contributed by atoms with Crippen molar-refractivity contribution < 1.29 is 56.4 Å². The molecule has 0 rings (SSSR count). The van der Waals surface area contributed by atoms with Gasteiger partial charge in [-0.3, -0.25) is 0 Å². The van der Waals surface area contributed by atoms with Crippen LogP contribution in [0.15, 0.2) is 0 Å². The summed E-state index contributed by atoms with van der Waals surface area (Å²) in [7, 11) is -32.4. The van der Waals surface area contributed by atoms with Crippen molar-refractivity contribution in [2.24, 2.45) is 0 Å². The zero-order chi connectivity index (χ0) is 23.7. The third-order valence-electron chi connectivity index (χ3n) is 1.74. The molecule has 0 saturated heterocycles. The van der Waals surface area contributed by atoms with Crippen LogP contribution in [0.3, 0.4) is 0 Å². The Labute approximate surface area is 172 Å². The molecule has 0 N–H and O–H groups in total. The molecule has 0 spiro atoms. The maximum atomic E-state index is 14.2. The van der Waals surface area contributed by atoms with E-state index in [9.17, 15) is 30.9 Å². The van der Waals surface area contributed by atoms with Crippen molar-refractivity contribution in [3.05, 3.63) is 0 Å². The molecule has 176 valence electrons. The van der Waals surface area contributed by atoms with E-state index in [1.54, 1.807) is 0 Å². The van der Waals surface area contributed by atoms with Crippen molar-refractivity contribution in [3.63, 3.8) is 0 Å². The van der Waals surface area contributed by atoms with Gasteiger partial charge in [-0.05, 0) is 58.9 Å². The van der Waals surface area contributed by atoms with E-state index >= 15 is 0 Å². The van der Waals surface area contributed by atoms with Crippen LogP contribution in [-0.4, -0.2) is 25.0 Å². The van der Waals surface area contributed by atoms with Crippen LogP contribution in [0.5, 0.6) is 0 Å². The lowest BCUT2D eigenvalue weighted by Crippen LogP contribution is -2.24. The van der Waals surface area contributed by atoms with Gasteiger partial charge in [0.2, 0.25) is 0 Å². The van der Waals surface area contributed by atoms with Gasteiger partial charge in [-0.25, -0.2) is 18.3 Å². The van der Waals surface area contributed by atoms with Gasteiger partial charge in [-0.2, -0.15) is 12.9 Å². The minimum Gasteiger partial charge on any atom is -0.326 e. The third-order valence-corrected chi connectivity index (χ3v) is 15.7. The standard InChI is InChI=1S/C9H27F3O10P4Si3/c1-27(2,3)20-23(10,13)17-26(16,18-24(11,14)21-28(4,5)6)19-25(12,15)22-29(7,8)9/h1-9H3. The topological polar surface area (TPSA) is 124 Å². The quantitative estimate of drug-likeness (QED) is 0.172. The molecule has 0 aliphatic carbocycles. The lowest BCUT2D eigenvalue weighted by atomic mass is 11.8. The van der Waals surface area contributed by atoms with E-state index in [2.05, 4.69) is 25.6 Å². The summed E-state index contributed by atoms with van der Waals surface area (Å²) in [6, 6.07) is 0. The predicted octanol–water partition coefficient (Wildman–Crippen LogP) is 7.93.